The molecule has 1 aromatic carbocycles. The van der Waals surface area contributed by atoms with E-state index in [-0.39, 0.29) is 18.4 Å². The number of benzene rings is 1. The second-order valence-corrected chi connectivity index (χ2v) is 10.6. The summed E-state index contributed by atoms with van der Waals surface area (Å²) in [7, 11) is 0. The van der Waals surface area contributed by atoms with Gasteiger partial charge in [0.05, 0.1) is 19.3 Å². The van der Waals surface area contributed by atoms with Crippen LogP contribution in [0.3, 0.4) is 0 Å². The summed E-state index contributed by atoms with van der Waals surface area (Å²) in [4.78, 5) is 49.3. The van der Waals surface area contributed by atoms with Crippen molar-refractivity contribution in [3.8, 4) is 5.75 Å². The summed E-state index contributed by atoms with van der Waals surface area (Å²) in [5.41, 5.74) is 0.482. The van der Waals surface area contributed by atoms with E-state index in [0.29, 0.717) is 36.3 Å². The fourth-order valence-electron chi connectivity index (χ4n) is 4.27. The molecule has 1 saturated heterocycles. The quantitative estimate of drug-likeness (QED) is 0.389. The van der Waals surface area contributed by atoms with Gasteiger partial charge >= 0.3 is 12.1 Å². The Morgan fingerprint density at radius 2 is 1.72 bits per heavy atom. The first-order valence-electron chi connectivity index (χ1n) is 13.5. The molecule has 0 bridgehead atoms. The standard InChI is InChI=1S/C28H40N6O5/c1-7-33(8-2)26-29-18-23(30-19(3)35)24(32-26)31-22(25(36)39-28(4,5)6)17-20-11-13-21(14-12-20)38-27(37)34-15-9-10-16-34/h11-14,18,22H,7-10,15-17H2,1-6H3,(H,30,35)(H,29,31,32)/p+1/t22-/m0/s1. The van der Waals surface area contributed by atoms with Crippen molar-refractivity contribution in [2.75, 3.05) is 41.7 Å². The average Bonchev–Trinajstić information content (AvgIpc) is 3.41. The van der Waals surface area contributed by atoms with Gasteiger partial charge in [-0.2, -0.15) is 9.78 Å². The van der Waals surface area contributed by atoms with Gasteiger partial charge in [-0.25, -0.2) is 14.7 Å². The number of aromatic nitrogens is 2. The summed E-state index contributed by atoms with van der Waals surface area (Å²) in [6, 6.07) is 6.26. The van der Waals surface area contributed by atoms with E-state index >= 15 is 0 Å². The lowest BCUT2D eigenvalue weighted by molar-refractivity contribution is -0.807. The maximum absolute atomic E-state index is 13.3. The van der Waals surface area contributed by atoms with Crippen molar-refractivity contribution in [2.24, 2.45) is 0 Å². The van der Waals surface area contributed by atoms with Crippen LogP contribution in [0.2, 0.25) is 0 Å². The highest BCUT2D eigenvalue weighted by molar-refractivity contribution is 5.92. The Kier molecular flexibility index (Phi) is 10.2. The van der Waals surface area contributed by atoms with Gasteiger partial charge in [0.1, 0.15) is 23.1 Å². The summed E-state index contributed by atoms with van der Waals surface area (Å²) < 4.78 is 11.2. The molecular weight excluding hydrogens is 500 g/mol. The zero-order chi connectivity index (χ0) is 28.6. The molecule has 11 heteroatoms. The molecule has 0 radical (unpaired) electrons. The molecule has 2 aromatic rings. The molecule has 1 aromatic heterocycles. The number of hydrogen-bond donors (Lipinski definition) is 3. The van der Waals surface area contributed by atoms with E-state index in [0.717, 1.165) is 36.4 Å². The summed E-state index contributed by atoms with van der Waals surface area (Å²) in [5, 5.41) is 5.93. The van der Waals surface area contributed by atoms with E-state index in [1.807, 2.05) is 30.9 Å². The van der Waals surface area contributed by atoms with Crippen molar-refractivity contribution in [2.45, 2.75) is 72.4 Å². The molecule has 0 saturated carbocycles. The minimum absolute atomic E-state index is 0.268. The van der Waals surface area contributed by atoms with Crippen LogP contribution in [0.5, 0.6) is 5.75 Å². The van der Waals surface area contributed by atoms with Gasteiger partial charge < -0.3 is 25.0 Å². The first-order chi connectivity index (χ1) is 18.5. The number of nitrogens with one attached hydrogen (secondary N) is 3. The number of nitrogens with zero attached hydrogens (tertiary/aromatic N) is 3. The Balaban J connectivity index is 1.85. The molecule has 39 heavy (non-hydrogen) atoms. The number of hydrogen-bond acceptors (Lipinski definition) is 9. The highest BCUT2D eigenvalue weighted by atomic mass is 16.6. The second kappa shape index (κ2) is 13.4. The first kappa shape index (κ1) is 29.8. The first-order valence-corrected chi connectivity index (χ1v) is 13.5. The van der Waals surface area contributed by atoms with Crippen LogP contribution in [-0.4, -0.2) is 65.8 Å². The molecule has 2 amide bonds. The van der Waals surface area contributed by atoms with Gasteiger partial charge in [-0.15, -0.1) is 0 Å². The molecule has 2 heterocycles. The smallest absolute Gasteiger partial charge is 0.458 e. The maximum atomic E-state index is 13.3. The van der Waals surface area contributed by atoms with Gasteiger partial charge in [-0.05, 0) is 52.3 Å². The lowest BCUT2D eigenvalue weighted by Crippen LogP contribution is -3.13. The number of carbonyl (C=O) groups excluding carboxylic acids is 3. The van der Waals surface area contributed by atoms with Crippen LogP contribution in [0.15, 0.2) is 30.5 Å². The van der Waals surface area contributed by atoms with E-state index in [1.54, 1.807) is 32.9 Å². The SMILES string of the molecule is CCN(CC)c1ncc(NC(C)=O)c(N[C@@H](Cc2ccc(OC(=O)[NH+]3CCCC3)cc2)C(=O)OC(C)(C)C)n1. The molecule has 1 aliphatic rings. The Morgan fingerprint density at radius 3 is 2.28 bits per heavy atom. The molecule has 3 N–H and O–H groups in total. The molecule has 0 aliphatic carbocycles. The number of ether oxygens (including phenoxy) is 2. The Labute approximate surface area is 230 Å². The Bertz CT molecular complexity index is 1140. The molecule has 0 unspecified atom stereocenters. The van der Waals surface area contributed by atoms with E-state index in [1.165, 1.54) is 13.1 Å². The third-order valence-electron chi connectivity index (χ3n) is 6.20. The molecule has 1 fully saturated rings. The Morgan fingerprint density at radius 1 is 1.08 bits per heavy atom. The van der Waals surface area contributed by atoms with Crippen LogP contribution in [0.4, 0.5) is 22.2 Å². The van der Waals surface area contributed by atoms with Crippen molar-refractivity contribution >= 4 is 35.4 Å². The normalized spacial score (nSPS) is 14.4. The second-order valence-electron chi connectivity index (χ2n) is 10.6. The van der Waals surface area contributed by atoms with Crippen molar-refractivity contribution in [3.05, 3.63) is 36.0 Å². The van der Waals surface area contributed by atoms with E-state index in [9.17, 15) is 14.4 Å². The molecule has 3 rings (SSSR count). The minimum Gasteiger partial charge on any atom is -0.458 e. The van der Waals surface area contributed by atoms with E-state index < -0.39 is 17.6 Å². The molecule has 212 valence electrons. The summed E-state index contributed by atoms with van der Waals surface area (Å²) >= 11 is 0. The topological polar surface area (TPSA) is 127 Å². The van der Waals surface area contributed by atoms with Crippen LogP contribution < -0.4 is 25.2 Å². The summed E-state index contributed by atoms with van der Waals surface area (Å²) in [6.45, 7) is 13.8. The van der Waals surface area contributed by atoms with Crippen LogP contribution in [0, 0.1) is 0 Å². The molecule has 0 spiro atoms. The molecule has 1 aliphatic heterocycles. The minimum atomic E-state index is -0.821. The zero-order valence-corrected chi connectivity index (χ0v) is 23.8. The van der Waals surface area contributed by atoms with Crippen molar-refractivity contribution in [1.29, 1.82) is 0 Å². The number of esters is 1. The monoisotopic (exact) mass is 541 g/mol. The fourth-order valence-corrected chi connectivity index (χ4v) is 4.27. The average molecular weight is 542 g/mol. The van der Waals surface area contributed by atoms with Gasteiger partial charge in [-0.3, -0.25) is 4.79 Å². The third-order valence-corrected chi connectivity index (χ3v) is 6.20. The molecule has 1 atom stereocenters. The van der Waals surface area contributed by atoms with Gasteiger partial charge in [0, 0.05) is 39.3 Å². The van der Waals surface area contributed by atoms with E-state index in [4.69, 9.17) is 9.47 Å². The Hall–Kier alpha value is -3.73. The maximum Gasteiger partial charge on any atom is 0.519 e. The largest absolute Gasteiger partial charge is 0.519 e. The van der Waals surface area contributed by atoms with Gasteiger partial charge in [0.2, 0.25) is 11.9 Å². The number of carbonyl (C=O) groups is 3. The number of likely N-dealkylation sites (tertiary alicyclic amines) is 1. The highest BCUT2D eigenvalue weighted by Crippen LogP contribution is 2.24. The third kappa shape index (κ3) is 8.91. The number of rotatable bonds is 10. The van der Waals surface area contributed by atoms with Gasteiger partial charge in [0.25, 0.3) is 0 Å². The fraction of sp³-hybridized carbons (Fsp3) is 0.536. The summed E-state index contributed by atoms with van der Waals surface area (Å²) in [5.74, 6) is 0.500. The predicted octanol–water partition coefficient (Wildman–Crippen LogP) is 2.82. The van der Waals surface area contributed by atoms with Crippen LogP contribution in [-0.2, 0) is 20.7 Å². The zero-order valence-electron chi connectivity index (χ0n) is 23.8. The lowest BCUT2D eigenvalue weighted by Gasteiger charge is -2.26. The molecular formula is C28H41N6O5+. The lowest BCUT2D eigenvalue weighted by atomic mass is 10.0. The van der Waals surface area contributed by atoms with Crippen molar-refractivity contribution in [1.82, 2.24) is 9.97 Å². The van der Waals surface area contributed by atoms with Gasteiger partial charge in [-0.1, -0.05) is 12.1 Å². The van der Waals surface area contributed by atoms with Crippen molar-refractivity contribution in [3.63, 3.8) is 0 Å². The van der Waals surface area contributed by atoms with E-state index in [2.05, 4.69) is 20.6 Å². The number of anilines is 3. The van der Waals surface area contributed by atoms with Crippen LogP contribution in [0.1, 0.15) is 59.9 Å². The summed E-state index contributed by atoms with van der Waals surface area (Å²) in [6.07, 6.45) is 3.57. The van der Waals surface area contributed by atoms with Crippen LogP contribution >= 0.6 is 0 Å². The highest BCUT2D eigenvalue weighted by Gasteiger charge is 2.28. The van der Waals surface area contributed by atoms with Crippen molar-refractivity contribution < 1.29 is 28.8 Å². The number of amides is 2. The van der Waals surface area contributed by atoms with Crippen LogP contribution in [0.25, 0.3) is 0 Å². The molecule has 11 nitrogen and oxygen atoms in total. The predicted molar refractivity (Wildman–Crippen MR) is 149 cm³/mol. The number of quaternary nitrogens is 1. The van der Waals surface area contributed by atoms with Gasteiger partial charge in [0.15, 0.2) is 5.82 Å².